The van der Waals surface area contributed by atoms with E-state index in [1.807, 2.05) is 0 Å². The lowest BCUT2D eigenvalue weighted by molar-refractivity contribution is -0.139. The van der Waals surface area contributed by atoms with Crippen molar-refractivity contribution in [3.8, 4) is 17.2 Å². The summed E-state index contributed by atoms with van der Waals surface area (Å²) in [5.41, 5.74) is 1.13. The molecule has 0 radical (unpaired) electrons. The fraction of sp³-hybridized carbons (Fsp3) is 0.389. The summed E-state index contributed by atoms with van der Waals surface area (Å²) in [6, 6.07) is 1.85. The maximum atomic E-state index is 12.4. The van der Waals surface area contributed by atoms with Gasteiger partial charge >= 0.3 is 18.0 Å². The number of ether oxygens (including phenoxy) is 4. The van der Waals surface area contributed by atoms with Crippen molar-refractivity contribution >= 4 is 18.0 Å². The van der Waals surface area contributed by atoms with Crippen LogP contribution in [0.3, 0.4) is 0 Å². The second-order valence-corrected chi connectivity index (χ2v) is 5.64. The molecule has 0 saturated carbocycles. The topological polar surface area (TPSA) is 112 Å². The van der Waals surface area contributed by atoms with Crippen molar-refractivity contribution in [2.45, 2.75) is 26.8 Å². The van der Waals surface area contributed by atoms with E-state index in [0.717, 1.165) is 0 Å². The molecule has 1 aromatic carbocycles. The number of urea groups is 1. The smallest absolute Gasteiger partial charge is 0.338 e. The van der Waals surface area contributed by atoms with Crippen molar-refractivity contribution in [2.75, 3.05) is 20.8 Å². The monoisotopic (exact) mass is 378 g/mol. The van der Waals surface area contributed by atoms with Gasteiger partial charge in [0.05, 0.1) is 32.4 Å². The number of hydrogen-bond acceptors (Lipinski definition) is 7. The fourth-order valence-electron chi connectivity index (χ4n) is 2.73. The van der Waals surface area contributed by atoms with E-state index in [1.165, 1.54) is 21.1 Å². The van der Waals surface area contributed by atoms with Crippen molar-refractivity contribution in [2.24, 2.45) is 0 Å². The van der Waals surface area contributed by atoms with Crippen LogP contribution in [0, 0.1) is 0 Å². The van der Waals surface area contributed by atoms with Crippen molar-refractivity contribution in [3.05, 3.63) is 29.0 Å². The lowest BCUT2D eigenvalue weighted by Gasteiger charge is -2.28. The zero-order valence-corrected chi connectivity index (χ0v) is 15.8. The van der Waals surface area contributed by atoms with E-state index < -0.39 is 24.0 Å². The first kappa shape index (κ1) is 20.1. The summed E-state index contributed by atoms with van der Waals surface area (Å²) in [6.07, 6.45) is 0. The SMILES string of the molecule is CCOC(=O)C1=C(C)NC(=O)N[C@@H]1c1cc(OC)c(OC(C)=O)c(OC)c1. The van der Waals surface area contributed by atoms with E-state index in [4.69, 9.17) is 18.9 Å². The first-order valence-electron chi connectivity index (χ1n) is 8.22. The summed E-state index contributed by atoms with van der Waals surface area (Å²) >= 11 is 0. The van der Waals surface area contributed by atoms with Crippen LogP contribution in [0.1, 0.15) is 32.4 Å². The van der Waals surface area contributed by atoms with Gasteiger partial charge in [0, 0.05) is 12.6 Å². The third-order valence-electron chi connectivity index (χ3n) is 3.83. The number of carbonyl (C=O) groups is 3. The summed E-state index contributed by atoms with van der Waals surface area (Å²) in [5.74, 6) is -0.566. The predicted octanol–water partition coefficient (Wildman–Crippen LogP) is 1.82. The van der Waals surface area contributed by atoms with Gasteiger partial charge in [-0.3, -0.25) is 4.79 Å². The third kappa shape index (κ3) is 4.30. The summed E-state index contributed by atoms with van der Waals surface area (Å²) in [4.78, 5) is 35.7. The fourth-order valence-corrected chi connectivity index (χ4v) is 2.73. The van der Waals surface area contributed by atoms with Crippen LogP contribution in [0.5, 0.6) is 17.2 Å². The van der Waals surface area contributed by atoms with E-state index in [-0.39, 0.29) is 29.4 Å². The van der Waals surface area contributed by atoms with Crippen LogP contribution in [0.15, 0.2) is 23.4 Å². The van der Waals surface area contributed by atoms with Gasteiger partial charge in [-0.15, -0.1) is 0 Å². The Morgan fingerprint density at radius 1 is 1.15 bits per heavy atom. The van der Waals surface area contributed by atoms with Crippen LogP contribution in [0.25, 0.3) is 0 Å². The molecule has 1 aliphatic heterocycles. The molecule has 1 aromatic rings. The van der Waals surface area contributed by atoms with Gasteiger partial charge in [-0.25, -0.2) is 9.59 Å². The van der Waals surface area contributed by atoms with Crippen LogP contribution in [0.2, 0.25) is 0 Å². The molecule has 2 rings (SSSR count). The highest BCUT2D eigenvalue weighted by Gasteiger charge is 2.33. The number of benzene rings is 1. The average Bonchev–Trinajstić information content (AvgIpc) is 2.60. The van der Waals surface area contributed by atoms with E-state index in [9.17, 15) is 14.4 Å². The van der Waals surface area contributed by atoms with Gasteiger partial charge < -0.3 is 29.6 Å². The Bertz CT molecular complexity index is 776. The van der Waals surface area contributed by atoms with Crippen LogP contribution >= 0.6 is 0 Å². The molecular weight excluding hydrogens is 356 g/mol. The van der Waals surface area contributed by atoms with Gasteiger partial charge in [-0.1, -0.05) is 0 Å². The highest BCUT2D eigenvalue weighted by atomic mass is 16.6. The number of carbonyl (C=O) groups excluding carboxylic acids is 3. The number of methoxy groups -OCH3 is 2. The maximum Gasteiger partial charge on any atom is 0.338 e. The van der Waals surface area contributed by atoms with E-state index in [0.29, 0.717) is 11.3 Å². The van der Waals surface area contributed by atoms with Crippen molar-refractivity contribution < 1.29 is 33.3 Å². The molecule has 0 saturated heterocycles. The third-order valence-corrected chi connectivity index (χ3v) is 3.83. The Labute approximate surface area is 156 Å². The second-order valence-electron chi connectivity index (χ2n) is 5.64. The first-order valence-corrected chi connectivity index (χ1v) is 8.22. The van der Waals surface area contributed by atoms with Gasteiger partial charge in [0.25, 0.3) is 0 Å². The first-order chi connectivity index (χ1) is 12.8. The molecule has 27 heavy (non-hydrogen) atoms. The summed E-state index contributed by atoms with van der Waals surface area (Å²) in [6.45, 7) is 4.75. The van der Waals surface area contributed by atoms with Crippen LogP contribution in [-0.4, -0.2) is 38.8 Å². The highest BCUT2D eigenvalue weighted by molar-refractivity contribution is 5.95. The second kappa shape index (κ2) is 8.43. The average molecular weight is 378 g/mol. The van der Waals surface area contributed by atoms with Crippen molar-refractivity contribution in [3.63, 3.8) is 0 Å². The predicted molar refractivity (Wildman–Crippen MR) is 94.6 cm³/mol. The number of amides is 2. The molecule has 0 aliphatic carbocycles. The molecular formula is C18H22N2O7. The molecule has 0 aromatic heterocycles. The standard InChI is InChI=1S/C18H22N2O7/c1-6-26-17(22)14-9(2)19-18(23)20-15(14)11-7-12(24-4)16(27-10(3)21)13(8-11)25-5/h7-8,15H,6H2,1-5H3,(H2,19,20,23)/t15-/m1/s1. The number of esters is 2. The van der Waals surface area contributed by atoms with Gasteiger partial charge in [0.2, 0.25) is 5.75 Å². The molecule has 1 aliphatic rings. The molecule has 0 spiro atoms. The molecule has 2 N–H and O–H groups in total. The van der Waals surface area contributed by atoms with E-state index in [1.54, 1.807) is 26.0 Å². The van der Waals surface area contributed by atoms with Crippen LogP contribution in [-0.2, 0) is 14.3 Å². The Morgan fingerprint density at radius 2 is 1.74 bits per heavy atom. The quantitative estimate of drug-likeness (QED) is 0.573. The Balaban J connectivity index is 2.60. The summed E-state index contributed by atoms with van der Waals surface area (Å²) in [7, 11) is 2.81. The Hall–Kier alpha value is -3.23. The highest BCUT2D eigenvalue weighted by Crippen LogP contribution is 2.42. The van der Waals surface area contributed by atoms with Crippen molar-refractivity contribution in [1.82, 2.24) is 10.6 Å². The van der Waals surface area contributed by atoms with Gasteiger partial charge in [0.1, 0.15) is 0 Å². The molecule has 9 nitrogen and oxygen atoms in total. The normalized spacial score (nSPS) is 16.2. The lowest BCUT2D eigenvalue weighted by atomic mass is 9.95. The largest absolute Gasteiger partial charge is 0.493 e. The zero-order chi connectivity index (χ0) is 20.1. The van der Waals surface area contributed by atoms with Gasteiger partial charge in [0.15, 0.2) is 11.5 Å². The Kier molecular flexibility index (Phi) is 6.27. The number of nitrogens with one attached hydrogen (secondary N) is 2. The van der Waals surface area contributed by atoms with Crippen LogP contribution < -0.4 is 24.8 Å². The molecule has 9 heteroatoms. The minimum absolute atomic E-state index is 0.106. The molecule has 1 heterocycles. The number of hydrogen-bond donors (Lipinski definition) is 2. The summed E-state index contributed by atoms with van der Waals surface area (Å²) < 4.78 is 20.9. The molecule has 0 bridgehead atoms. The van der Waals surface area contributed by atoms with Gasteiger partial charge in [-0.05, 0) is 31.5 Å². The molecule has 0 fully saturated rings. The molecule has 146 valence electrons. The zero-order valence-electron chi connectivity index (χ0n) is 15.8. The number of allylic oxidation sites excluding steroid dienone is 1. The van der Waals surface area contributed by atoms with E-state index in [2.05, 4.69) is 10.6 Å². The molecule has 0 unspecified atom stereocenters. The molecule has 1 atom stereocenters. The minimum atomic E-state index is -0.799. The minimum Gasteiger partial charge on any atom is -0.493 e. The van der Waals surface area contributed by atoms with Crippen LogP contribution in [0.4, 0.5) is 4.79 Å². The Morgan fingerprint density at radius 3 is 2.22 bits per heavy atom. The maximum absolute atomic E-state index is 12.4. The molecule has 2 amide bonds. The lowest BCUT2D eigenvalue weighted by Crippen LogP contribution is -2.45. The summed E-state index contributed by atoms with van der Waals surface area (Å²) in [5, 5.41) is 5.25. The van der Waals surface area contributed by atoms with Gasteiger partial charge in [-0.2, -0.15) is 0 Å². The van der Waals surface area contributed by atoms with Crippen molar-refractivity contribution in [1.29, 1.82) is 0 Å². The van der Waals surface area contributed by atoms with E-state index >= 15 is 0 Å². The number of rotatable bonds is 6.